The largest absolute Gasteiger partial charge is 0.368 e. The van der Waals surface area contributed by atoms with Crippen LogP contribution in [0.4, 0.5) is 0 Å². The van der Waals surface area contributed by atoms with Gasteiger partial charge in [-0.25, -0.2) is 0 Å². The van der Waals surface area contributed by atoms with E-state index in [1.165, 1.54) is 0 Å². The fourth-order valence-electron chi connectivity index (χ4n) is 1.10. The summed E-state index contributed by atoms with van der Waals surface area (Å²) in [5.41, 5.74) is 5.23. The van der Waals surface area contributed by atoms with Crippen LogP contribution in [0.5, 0.6) is 0 Å². The molecule has 0 heterocycles. The first kappa shape index (κ1) is 12.4. The van der Waals surface area contributed by atoms with E-state index in [0.29, 0.717) is 0 Å². The highest BCUT2D eigenvalue weighted by atomic mass is 16.1. The zero-order valence-corrected chi connectivity index (χ0v) is 8.84. The number of likely N-dealkylation sites (N-methyl/N-ethyl adjacent to an activating group) is 1. The summed E-state index contributed by atoms with van der Waals surface area (Å²) in [7, 11) is 2.03. The summed E-state index contributed by atoms with van der Waals surface area (Å²) >= 11 is 0. The van der Waals surface area contributed by atoms with Gasteiger partial charge in [0.15, 0.2) is 0 Å². The quantitative estimate of drug-likeness (QED) is 0.580. The molecule has 0 spiro atoms. The number of hydrogen-bond donors (Lipinski definition) is 2. The Morgan fingerprint density at radius 1 is 1.54 bits per heavy atom. The van der Waals surface area contributed by atoms with Crippen LogP contribution in [-0.4, -0.2) is 43.5 Å². The van der Waals surface area contributed by atoms with Crippen molar-refractivity contribution in [2.75, 3.05) is 26.7 Å². The van der Waals surface area contributed by atoms with Crippen LogP contribution in [0.2, 0.25) is 0 Å². The van der Waals surface area contributed by atoms with E-state index in [4.69, 9.17) is 5.73 Å². The van der Waals surface area contributed by atoms with Crippen molar-refractivity contribution in [3.05, 3.63) is 0 Å². The van der Waals surface area contributed by atoms with Crippen molar-refractivity contribution in [2.24, 2.45) is 5.73 Å². The van der Waals surface area contributed by atoms with Crippen molar-refractivity contribution in [1.82, 2.24) is 10.2 Å². The zero-order valence-electron chi connectivity index (χ0n) is 8.84. The lowest BCUT2D eigenvalue weighted by Gasteiger charge is -2.18. The summed E-state index contributed by atoms with van der Waals surface area (Å²) in [5.74, 6) is -0.258. The Morgan fingerprint density at radius 2 is 2.15 bits per heavy atom. The third-order valence-corrected chi connectivity index (χ3v) is 2.13. The number of primary amides is 1. The van der Waals surface area contributed by atoms with Gasteiger partial charge in [0, 0.05) is 0 Å². The standard InChI is InChI=1S/C9H21N3O/c1-4-11-8(9(10)13)6-7-12(3)5-2/h8,11H,4-7H2,1-3H3,(H2,10,13). The summed E-state index contributed by atoms with van der Waals surface area (Å²) in [6.07, 6.45) is 0.785. The maximum absolute atomic E-state index is 10.9. The van der Waals surface area contributed by atoms with Crippen molar-refractivity contribution in [2.45, 2.75) is 26.3 Å². The number of nitrogens with one attached hydrogen (secondary N) is 1. The van der Waals surface area contributed by atoms with E-state index in [1.807, 2.05) is 14.0 Å². The lowest BCUT2D eigenvalue weighted by atomic mass is 10.2. The smallest absolute Gasteiger partial charge is 0.234 e. The lowest BCUT2D eigenvalue weighted by Crippen LogP contribution is -2.43. The number of carbonyl (C=O) groups excluding carboxylic acids is 1. The molecule has 0 aliphatic rings. The van der Waals surface area contributed by atoms with Crippen LogP contribution < -0.4 is 11.1 Å². The van der Waals surface area contributed by atoms with Gasteiger partial charge in [0.05, 0.1) is 6.04 Å². The van der Waals surface area contributed by atoms with Gasteiger partial charge in [0.25, 0.3) is 0 Å². The monoisotopic (exact) mass is 187 g/mol. The van der Waals surface area contributed by atoms with Gasteiger partial charge in [-0.05, 0) is 33.1 Å². The van der Waals surface area contributed by atoms with Crippen LogP contribution in [0.25, 0.3) is 0 Å². The molecule has 0 radical (unpaired) electrons. The van der Waals surface area contributed by atoms with E-state index < -0.39 is 0 Å². The molecule has 0 aromatic rings. The van der Waals surface area contributed by atoms with Gasteiger partial charge in [-0.2, -0.15) is 0 Å². The minimum atomic E-state index is -0.258. The van der Waals surface area contributed by atoms with Crippen LogP contribution in [0.15, 0.2) is 0 Å². The molecule has 1 amide bonds. The molecule has 0 saturated heterocycles. The molecular weight excluding hydrogens is 166 g/mol. The number of hydrogen-bond acceptors (Lipinski definition) is 3. The molecule has 0 aromatic carbocycles. The van der Waals surface area contributed by atoms with Gasteiger partial charge in [-0.1, -0.05) is 13.8 Å². The first-order chi connectivity index (χ1) is 6.11. The molecule has 1 unspecified atom stereocenters. The normalized spacial score (nSPS) is 13.2. The molecule has 78 valence electrons. The second kappa shape index (κ2) is 6.86. The van der Waals surface area contributed by atoms with Crippen LogP contribution in [0.3, 0.4) is 0 Å². The molecule has 0 aromatic heterocycles. The average molecular weight is 187 g/mol. The van der Waals surface area contributed by atoms with Crippen LogP contribution >= 0.6 is 0 Å². The topological polar surface area (TPSA) is 58.4 Å². The Balaban J connectivity index is 3.75. The van der Waals surface area contributed by atoms with Crippen LogP contribution in [-0.2, 0) is 4.79 Å². The van der Waals surface area contributed by atoms with E-state index >= 15 is 0 Å². The van der Waals surface area contributed by atoms with Crippen molar-refractivity contribution in [3.63, 3.8) is 0 Å². The fraction of sp³-hybridized carbons (Fsp3) is 0.889. The van der Waals surface area contributed by atoms with Gasteiger partial charge >= 0.3 is 0 Å². The van der Waals surface area contributed by atoms with Gasteiger partial charge in [-0.15, -0.1) is 0 Å². The molecule has 4 nitrogen and oxygen atoms in total. The number of carbonyl (C=O) groups is 1. The van der Waals surface area contributed by atoms with Gasteiger partial charge < -0.3 is 16.0 Å². The van der Waals surface area contributed by atoms with Crippen LogP contribution in [0, 0.1) is 0 Å². The van der Waals surface area contributed by atoms with Crippen molar-refractivity contribution >= 4 is 5.91 Å². The lowest BCUT2D eigenvalue weighted by molar-refractivity contribution is -0.120. The summed E-state index contributed by atoms with van der Waals surface area (Å²) < 4.78 is 0. The highest BCUT2D eigenvalue weighted by Gasteiger charge is 2.13. The first-order valence-corrected chi connectivity index (χ1v) is 4.83. The number of nitrogens with two attached hydrogens (primary N) is 1. The second-order valence-electron chi connectivity index (χ2n) is 3.20. The minimum absolute atomic E-state index is 0.181. The maximum Gasteiger partial charge on any atom is 0.234 e. The summed E-state index contributed by atoms with van der Waals surface area (Å²) in [6.45, 7) is 6.74. The summed E-state index contributed by atoms with van der Waals surface area (Å²) in [5, 5.41) is 3.06. The minimum Gasteiger partial charge on any atom is -0.368 e. The Labute approximate surface area is 80.5 Å². The molecule has 0 fully saturated rings. The molecular formula is C9H21N3O. The third-order valence-electron chi connectivity index (χ3n) is 2.13. The molecule has 0 rings (SSSR count). The van der Waals surface area contributed by atoms with E-state index in [9.17, 15) is 4.79 Å². The van der Waals surface area contributed by atoms with Crippen molar-refractivity contribution in [1.29, 1.82) is 0 Å². The zero-order chi connectivity index (χ0) is 10.3. The maximum atomic E-state index is 10.9. The van der Waals surface area contributed by atoms with Crippen molar-refractivity contribution in [3.8, 4) is 0 Å². The highest BCUT2D eigenvalue weighted by molar-refractivity contribution is 5.79. The molecule has 0 bridgehead atoms. The number of nitrogens with zero attached hydrogens (tertiary/aromatic N) is 1. The molecule has 3 N–H and O–H groups in total. The van der Waals surface area contributed by atoms with Gasteiger partial charge in [0.2, 0.25) is 5.91 Å². The molecule has 0 saturated carbocycles. The third kappa shape index (κ3) is 5.60. The summed E-state index contributed by atoms with van der Waals surface area (Å²) in [6, 6.07) is -0.181. The highest BCUT2D eigenvalue weighted by Crippen LogP contribution is 1.93. The molecule has 0 aliphatic carbocycles. The van der Waals surface area contributed by atoms with Crippen LogP contribution in [0.1, 0.15) is 20.3 Å². The SMILES string of the molecule is CCNC(CCN(C)CC)C(N)=O. The predicted octanol–water partition coefficient (Wildman–Crippen LogP) is -0.208. The predicted molar refractivity (Wildman–Crippen MR) is 54.4 cm³/mol. The first-order valence-electron chi connectivity index (χ1n) is 4.83. The Kier molecular flexibility index (Phi) is 6.54. The van der Waals surface area contributed by atoms with E-state index in [2.05, 4.69) is 17.1 Å². The van der Waals surface area contributed by atoms with E-state index in [-0.39, 0.29) is 11.9 Å². The number of rotatable bonds is 7. The fourth-order valence-corrected chi connectivity index (χ4v) is 1.10. The Morgan fingerprint density at radius 3 is 2.54 bits per heavy atom. The van der Waals surface area contributed by atoms with E-state index in [1.54, 1.807) is 0 Å². The van der Waals surface area contributed by atoms with Gasteiger partial charge in [0.1, 0.15) is 0 Å². The second-order valence-corrected chi connectivity index (χ2v) is 3.20. The van der Waals surface area contributed by atoms with Crippen molar-refractivity contribution < 1.29 is 4.79 Å². The molecule has 13 heavy (non-hydrogen) atoms. The van der Waals surface area contributed by atoms with E-state index in [0.717, 1.165) is 26.1 Å². The molecule has 4 heteroatoms. The molecule has 0 aliphatic heterocycles. The Hall–Kier alpha value is -0.610. The Bertz CT molecular complexity index is 150. The van der Waals surface area contributed by atoms with Gasteiger partial charge in [-0.3, -0.25) is 4.79 Å². The number of amides is 1. The molecule has 1 atom stereocenters. The summed E-state index contributed by atoms with van der Waals surface area (Å²) in [4.78, 5) is 13.1. The average Bonchev–Trinajstić information content (AvgIpc) is 2.11.